The number of rotatable bonds is 3. The highest BCUT2D eigenvalue weighted by Gasteiger charge is 2.47. The van der Waals surface area contributed by atoms with Crippen LogP contribution in [-0.2, 0) is 9.59 Å². The summed E-state index contributed by atoms with van der Waals surface area (Å²) < 4.78 is 10.9. The SMILES string of the molecule is O=C1C(=O)N(c2cccc(Cl)c2)[C@H](c2ccc3c(c2)OCO3)/C1=C(\O)c1ccccc1. The van der Waals surface area contributed by atoms with Crippen molar-refractivity contribution in [2.45, 2.75) is 6.04 Å². The first kappa shape index (κ1) is 19.2. The van der Waals surface area contributed by atoms with Crippen molar-refractivity contribution in [3.05, 3.63) is 94.5 Å². The summed E-state index contributed by atoms with van der Waals surface area (Å²) in [5, 5.41) is 11.5. The van der Waals surface area contributed by atoms with Crippen LogP contribution in [0.2, 0.25) is 5.02 Å². The molecular weight excluding hydrogens is 418 g/mol. The molecule has 2 aliphatic heterocycles. The quantitative estimate of drug-likeness (QED) is 0.368. The number of ketones is 1. The summed E-state index contributed by atoms with van der Waals surface area (Å²) in [6, 6.07) is 19.7. The van der Waals surface area contributed by atoms with Crippen LogP contribution >= 0.6 is 11.6 Å². The van der Waals surface area contributed by atoms with Crippen molar-refractivity contribution in [2.24, 2.45) is 0 Å². The molecule has 1 fully saturated rings. The van der Waals surface area contributed by atoms with Gasteiger partial charge in [-0.15, -0.1) is 0 Å². The molecule has 1 N–H and O–H groups in total. The maximum absolute atomic E-state index is 13.1. The van der Waals surface area contributed by atoms with Crippen LogP contribution in [0.3, 0.4) is 0 Å². The molecule has 0 spiro atoms. The predicted molar refractivity (Wildman–Crippen MR) is 115 cm³/mol. The maximum atomic E-state index is 13.1. The second-order valence-electron chi connectivity index (χ2n) is 7.13. The highest BCUT2D eigenvalue weighted by Crippen LogP contribution is 2.45. The number of hydrogen-bond donors (Lipinski definition) is 1. The van der Waals surface area contributed by atoms with E-state index in [1.54, 1.807) is 72.8 Å². The number of ether oxygens (including phenoxy) is 2. The molecule has 0 aromatic heterocycles. The molecule has 5 rings (SSSR count). The minimum absolute atomic E-state index is 0.00459. The fourth-order valence-electron chi connectivity index (χ4n) is 3.87. The number of aliphatic hydroxyl groups is 1. The van der Waals surface area contributed by atoms with Crippen molar-refractivity contribution >= 4 is 34.7 Å². The number of Topliss-reactive ketones (excluding diaryl/α,β-unsaturated/α-hetero) is 1. The zero-order valence-electron chi connectivity index (χ0n) is 16.1. The number of anilines is 1. The molecule has 3 aromatic carbocycles. The van der Waals surface area contributed by atoms with E-state index in [-0.39, 0.29) is 18.1 Å². The van der Waals surface area contributed by atoms with E-state index in [1.807, 2.05) is 0 Å². The van der Waals surface area contributed by atoms with Gasteiger partial charge in [0.05, 0.1) is 11.6 Å². The predicted octanol–water partition coefficient (Wildman–Crippen LogP) is 4.70. The lowest BCUT2D eigenvalue weighted by Crippen LogP contribution is -2.29. The Hall–Kier alpha value is -3.77. The molecule has 3 aromatic rings. The zero-order chi connectivity index (χ0) is 21.5. The second-order valence-corrected chi connectivity index (χ2v) is 7.56. The molecular formula is C24H16ClNO5. The largest absolute Gasteiger partial charge is 0.507 e. The van der Waals surface area contributed by atoms with Crippen LogP contribution in [0.15, 0.2) is 78.4 Å². The molecule has 0 unspecified atom stereocenters. The first-order valence-electron chi connectivity index (χ1n) is 9.56. The lowest BCUT2D eigenvalue weighted by molar-refractivity contribution is -0.132. The number of fused-ring (bicyclic) bond motifs is 1. The van der Waals surface area contributed by atoms with Gasteiger partial charge < -0.3 is 14.6 Å². The Labute approximate surface area is 182 Å². The van der Waals surface area contributed by atoms with E-state index in [9.17, 15) is 14.7 Å². The summed E-state index contributed by atoms with van der Waals surface area (Å²) >= 11 is 6.15. The number of benzene rings is 3. The third kappa shape index (κ3) is 3.21. The smallest absolute Gasteiger partial charge is 0.300 e. The van der Waals surface area contributed by atoms with Gasteiger partial charge in [-0.2, -0.15) is 0 Å². The molecule has 7 heteroatoms. The molecule has 1 saturated heterocycles. The van der Waals surface area contributed by atoms with Gasteiger partial charge in [-0.1, -0.05) is 54.1 Å². The molecule has 2 aliphatic rings. The minimum Gasteiger partial charge on any atom is -0.507 e. The van der Waals surface area contributed by atoms with E-state index in [2.05, 4.69) is 0 Å². The number of aliphatic hydroxyl groups excluding tert-OH is 1. The minimum atomic E-state index is -0.867. The van der Waals surface area contributed by atoms with E-state index in [1.165, 1.54) is 4.90 Å². The van der Waals surface area contributed by atoms with Gasteiger partial charge in [-0.3, -0.25) is 14.5 Å². The highest BCUT2D eigenvalue weighted by molar-refractivity contribution is 6.51. The lowest BCUT2D eigenvalue weighted by atomic mass is 9.95. The van der Waals surface area contributed by atoms with Crippen LogP contribution in [0.4, 0.5) is 5.69 Å². The third-order valence-electron chi connectivity index (χ3n) is 5.29. The number of hydrogen-bond acceptors (Lipinski definition) is 5. The van der Waals surface area contributed by atoms with Gasteiger partial charge in [-0.25, -0.2) is 0 Å². The Balaban J connectivity index is 1.73. The number of carbonyl (C=O) groups is 2. The van der Waals surface area contributed by atoms with E-state index < -0.39 is 17.7 Å². The zero-order valence-corrected chi connectivity index (χ0v) is 16.9. The lowest BCUT2D eigenvalue weighted by Gasteiger charge is -2.25. The topological polar surface area (TPSA) is 76.1 Å². The molecule has 0 saturated carbocycles. The number of amides is 1. The van der Waals surface area contributed by atoms with Crippen LogP contribution in [0.1, 0.15) is 17.2 Å². The molecule has 154 valence electrons. The van der Waals surface area contributed by atoms with Gasteiger partial charge in [0.25, 0.3) is 11.7 Å². The summed E-state index contributed by atoms with van der Waals surface area (Å²) in [5.41, 5.74) is 1.48. The second kappa shape index (κ2) is 7.49. The normalized spacial score (nSPS) is 19.1. The molecule has 1 amide bonds. The molecule has 1 atom stereocenters. The molecule has 31 heavy (non-hydrogen) atoms. The van der Waals surface area contributed by atoms with Crippen LogP contribution in [0.5, 0.6) is 11.5 Å². The van der Waals surface area contributed by atoms with Gasteiger partial charge in [0.1, 0.15) is 5.76 Å². The Morgan fingerprint density at radius 2 is 1.71 bits per heavy atom. The van der Waals surface area contributed by atoms with Crippen LogP contribution < -0.4 is 14.4 Å². The van der Waals surface area contributed by atoms with Gasteiger partial charge >= 0.3 is 0 Å². The average molecular weight is 434 g/mol. The van der Waals surface area contributed by atoms with Crippen LogP contribution in [0, 0.1) is 0 Å². The molecule has 0 aliphatic carbocycles. The number of carbonyl (C=O) groups excluding carboxylic acids is 2. The van der Waals surface area contributed by atoms with Crippen LogP contribution in [0.25, 0.3) is 5.76 Å². The monoisotopic (exact) mass is 433 g/mol. The van der Waals surface area contributed by atoms with E-state index in [4.69, 9.17) is 21.1 Å². The standard InChI is InChI=1S/C24H16ClNO5/c25-16-7-4-8-17(12-16)26-21(15-9-10-18-19(11-15)31-13-30-18)20(23(28)24(26)29)22(27)14-5-2-1-3-6-14/h1-12,21,27H,13H2/b22-20+/t21-/m1/s1. The Bertz CT molecular complexity index is 1240. The summed E-state index contributed by atoms with van der Waals surface area (Å²) in [6.45, 7) is 0.0945. The van der Waals surface area contributed by atoms with Crippen molar-refractivity contribution in [3.63, 3.8) is 0 Å². The van der Waals surface area contributed by atoms with Gasteiger partial charge in [-0.05, 0) is 35.9 Å². The first-order chi connectivity index (χ1) is 15.0. The van der Waals surface area contributed by atoms with E-state index in [0.29, 0.717) is 33.3 Å². The van der Waals surface area contributed by atoms with Crippen molar-refractivity contribution in [2.75, 3.05) is 11.7 Å². The molecule has 6 nitrogen and oxygen atoms in total. The number of halogens is 1. The van der Waals surface area contributed by atoms with E-state index >= 15 is 0 Å². The summed E-state index contributed by atoms with van der Waals surface area (Å²) in [7, 11) is 0. The van der Waals surface area contributed by atoms with Gasteiger partial charge in [0, 0.05) is 16.3 Å². The molecule has 2 heterocycles. The Kier molecular flexibility index (Phi) is 4.64. The third-order valence-corrected chi connectivity index (χ3v) is 5.53. The summed E-state index contributed by atoms with van der Waals surface area (Å²) in [6.07, 6.45) is 0. The summed E-state index contributed by atoms with van der Waals surface area (Å²) in [4.78, 5) is 27.6. The van der Waals surface area contributed by atoms with Crippen molar-refractivity contribution in [3.8, 4) is 11.5 Å². The first-order valence-corrected chi connectivity index (χ1v) is 9.94. The fourth-order valence-corrected chi connectivity index (χ4v) is 4.06. The van der Waals surface area contributed by atoms with Gasteiger partial charge in [0.15, 0.2) is 11.5 Å². The highest BCUT2D eigenvalue weighted by atomic mass is 35.5. The molecule has 0 bridgehead atoms. The number of nitrogens with zero attached hydrogens (tertiary/aromatic N) is 1. The van der Waals surface area contributed by atoms with Crippen LogP contribution in [-0.4, -0.2) is 23.6 Å². The average Bonchev–Trinajstić information content (AvgIpc) is 3.36. The van der Waals surface area contributed by atoms with Crippen molar-refractivity contribution < 1.29 is 24.2 Å². The Morgan fingerprint density at radius 1 is 0.935 bits per heavy atom. The Morgan fingerprint density at radius 3 is 2.48 bits per heavy atom. The molecule has 0 radical (unpaired) electrons. The maximum Gasteiger partial charge on any atom is 0.300 e. The van der Waals surface area contributed by atoms with E-state index in [0.717, 1.165) is 0 Å². The fraction of sp³-hybridized carbons (Fsp3) is 0.0833. The summed E-state index contributed by atoms with van der Waals surface area (Å²) in [5.74, 6) is -0.682. The van der Waals surface area contributed by atoms with Crippen molar-refractivity contribution in [1.82, 2.24) is 0 Å². The van der Waals surface area contributed by atoms with Gasteiger partial charge in [0.2, 0.25) is 6.79 Å². The van der Waals surface area contributed by atoms with Crippen molar-refractivity contribution in [1.29, 1.82) is 0 Å².